The SMILES string of the molecule is Cc1ccc(-c2nn3c(C(F)(F)F)nnc3s2)cc1Cl. The summed E-state index contributed by atoms with van der Waals surface area (Å²) < 4.78 is 38.8. The van der Waals surface area contributed by atoms with Gasteiger partial charge in [0, 0.05) is 10.6 Å². The first-order chi connectivity index (χ1) is 9.36. The molecule has 0 fully saturated rings. The van der Waals surface area contributed by atoms with Crippen LogP contribution in [-0.4, -0.2) is 19.8 Å². The summed E-state index contributed by atoms with van der Waals surface area (Å²) in [7, 11) is 0. The molecule has 2 aromatic heterocycles. The second kappa shape index (κ2) is 4.42. The fraction of sp³-hybridized carbons (Fsp3) is 0.182. The molecule has 1 aromatic carbocycles. The van der Waals surface area contributed by atoms with Crippen LogP contribution in [0.3, 0.4) is 0 Å². The number of aromatic nitrogens is 4. The average Bonchev–Trinajstić information content (AvgIpc) is 2.90. The molecule has 104 valence electrons. The molecule has 0 radical (unpaired) electrons. The second-order valence-corrected chi connectivity index (χ2v) is 5.45. The van der Waals surface area contributed by atoms with E-state index in [0.717, 1.165) is 16.9 Å². The van der Waals surface area contributed by atoms with Gasteiger partial charge in [-0.2, -0.15) is 22.8 Å². The lowest BCUT2D eigenvalue weighted by Gasteiger charge is -2.01. The Bertz CT molecular complexity index is 793. The smallest absolute Gasteiger partial charge is 0.178 e. The minimum atomic E-state index is -4.59. The summed E-state index contributed by atoms with van der Waals surface area (Å²) in [5.74, 6) is -1.13. The summed E-state index contributed by atoms with van der Waals surface area (Å²) in [6, 6.07) is 5.20. The Morgan fingerprint density at radius 1 is 1.25 bits per heavy atom. The largest absolute Gasteiger partial charge is 0.453 e. The van der Waals surface area contributed by atoms with E-state index in [9.17, 15) is 13.2 Å². The van der Waals surface area contributed by atoms with Crippen LogP contribution in [0.15, 0.2) is 18.2 Å². The highest BCUT2D eigenvalue weighted by Gasteiger charge is 2.38. The fourth-order valence-corrected chi connectivity index (χ4v) is 2.65. The number of hydrogen-bond donors (Lipinski definition) is 0. The van der Waals surface area contributed by atoms with Gasteiger partial charge in [0.25, 0.3) is 5.82 Å². The Labute approximate surface area is 119 Å². The van der Waals surface area contributed by atoms with Gasteiger partial charge in [-0.1, -0.05) is 35.1 Å². The Morgan fingerprint density at radius 2 is 2.00 bits per heavy atom. The van der Waals surface area contributed by atoms with Gasteiger partial charge in [0.1, 0.15) is 5.01 Å². The molecule has 20 heavy (non-hydrogen) atoms. The Morgan fingerprint density at radius 3 is 2.65 bits per heavy atom. The standard InChI is InChI=1S/C11H6ClF3N4S/c1-5-2-3-6(4-7(5)12)8-18-19-9(11(13,14)15)16-17-10(19)20-8/h2-4H,1H3. The molecule has 0 saturated heterocycles. The number of nitrogens with zero attached hydrogens (tertiary/aromatic N) is 4. The predicted octanol–water partition coefficient (Wildman–Crippen LogP) is 3.83. The van der Waals surface area contributed by atoms with E-state index in [-0.39, 0.29) is 4.96 Å². The van der Waals surface area contributed by atoms with Crippen molar-refractivity contribution in [2.75, 3.05) is 0 Å². The maximum atomic E-state index is 12.7. The molecule has 0 aliphatic rings. The Kier molecular flexibility index (Phi) is 2.94. The molecule has 0 atom stereocenters. The van der Waals surface area contributed by atoms with Crippen LogP contribution in [-0.2, 0) is 6.18 Å². The predicted molar refractivity (Wildman–Crippen MR) is 68.8 cm³/mol. The topological polar surface area (TPSA) is 43.1 Å². The summed E-state index contributed by atoms with van der Waals surface area (Å²) in [4.78, 5) is 0.0871. The maximum absolute atomic E-state index is 12.7. The summed E-state index contributed by atoms with van der Waals surface area (Å²) in [6.45, 7) is 1.84. The highest BCUT2D eigenvalue weighted by Crippen LogP contribution is 2.32. The van der Waals surface area contributed by atoms with Gasteiger partial charge in [-0.15, -0.1) is 10.2 Å². The number of alkyl halides is 3. The normalized spacial score (nSPS) is 12.2. The van der Waals surface area contributed by atoms with Crippen LogP contribution in [0.5, 0.6) is 0 Å². The van der Waals surface area contributed by atoms with Crippen molar-refractivity contribution in [3.63, 3.8) is 0 Å². The lowest BCUT2D eigenvalue weighted by atomic mass is 10.2. The first-order valence-electron chi connectivity index (χ1n) is 5.42. The molecule has 4 nitrogen and oxygen atoms in total. The number of halogens is 4. The van der Waals surface area contributed by atoms with Gasteiger partial charge in [0.15, 0.2) is 0 Å². The first-order valence-corrected chi connectivity index (χ1v) is 6.61. The zero-order chi connectivity index (χ0) is 14.5. The maximum Gasteiger partial charge on any atom is 0.453 e. The molecule has 9 heteroatoms. The van der Waals surface area contributed by atoms with Gasteiger partial charge < -0.3 is 0 Å². The van der Waals surface area contributed by atoms with Gasteiger partial charge in [-0.3, -0.25) is 0 Å². The van der Waals surface area contributed by atoms with Crippen molar-refractivity contribution < 1.29 is 13.2 Å². The monoisotopic (exact) mass is 318 g/mol. The van der Waals surface area contributed by atoms with E-state index in [1.54, 1.807) is 18.2 Å². The highest BCUT2D eigenvalue weighted by molar-refractivity contribution is 7.19. The van der Waals surface area contributed by atoms with E-state index in [1.165, 1.54) is 0 Å². The molecule has 3 rings (SSSR count). The number of rotatable bonds is 1. The van der Waals surface area contributed by atoms with Crippen LogP contribution >= 0.6 is 22.9 Å². The van der Waals surface area contributed by atoms with E-state index in [4.69, 9.17) is 11.6 Å². The lowest BCUT2D eigenvalue weighted by Crippen LogP contribution is -2.11. The molecule has 3 aromatic rings. The van der Waals surface area contributed by atoms with Crippen molar-refractivity contribution in [1.29, 1.82) is 0 Å². The van der Waals surface area contributed by atoms with Crippen molar-refractivity contribution in [2.45, 2.75) is 13.1 Å². The zero-order valence-electron chi connectivity index (χ0n) is 9.94. The van der Waals surface area contributed by atoms with Crippen molar-refractivity contribution >= 4 is 27.9 Å². The molecule has 0 aliphatic carbocycles. The van der Waals surface area contributed by atoms with Crippen molar-refractivity contribution in [3.05, 3.63) is 34.6 Å². The van der Waals surface area contributed by atoms with Gasteiger partial charge in [-0.25, -0.2) is 0 Å². The molecule has 2 heterocycles. The van der Waals surface area contributed by atoms with Crippen LogP contribution in [0, 0.1) is 6.92 Å². The quantitative estimate of drug-likeness (QED) is 0.685. The molecule has 0 aliphatic heterocycles. The van der Waals surface area contributed by atoms with E-state index in [0.29, 0.717) is 20.1 Å². The number of aryl methyl sites for hydroxylation is 1. The van der Waals surface area contributed by atoms with Crippen molar-refractivity contribution in [2.24, 2.45) is 0 Å². The van der Waals surface area contributed by atoms with E-state index in [2.05, 4.69) is 15.3 Å². The molecule has 0 unspecified atom stereocenters. The highest BCUT2D eigenvalue weighted by atomic mass is 35.5. The first kappa shape index (κ1) is 13.3. The van der Waals surface area contributed by atoms with Crippen molar-refractivity contribution in [3.8, 4) is 10.6 Å². The molecule has 0 spiro atoms. The molecule has 0 bridgehead atoms. The average molecular weight is 319 g/mol. The number of hydrogen-bond acceptors (Lipinski definition) is 4. The van der Waals surface area contributed by atoms with Gasteiger partial charge in [-0.05, 0) is 18.6 Å². The zero-order valence-corrected chi connectivity index (χ0v) is 11.5. The molecular weight excluding hydrogens is 313 g/mol. The van der Waals surface area contributed by atoms with Gasteiger partial charge in [0.2, 0.25) is 4.96 Å². The van der Waals surface area contributed by atoms with Gasteiger partial charge in [0.05, 0.1) is 0 Å². The third-order valence-electron chi connectivity index (χ3n) is 2.66. The van der Waals surface area contributed by atoms with Crippen molar-refractivity contribution in [1.82, 2.24) is 19.8 Å². The lowest BCUT2D eigenvalue weighted by molar-refractivity contribution is -0.146. The summed E-state index contributed by atoms with van der Waals surface area (Å²) in [5, 5.41) is 11.4. The molecule has 0 amide bonds. The van der Waals surface area contributed by atoms with Crippen LogP contribution in [0.1, 0.15) is 11.4 Å². The Hall–Kier alpha value is -1.67. The summed E-state index contributed by atoms with van der Waals surface area (Å²) in [5.41, 5.74) is 1.53. The second-order valence-electron chi connectivity index (χ2n) is 4.09. The summed E-state index contributed by atoms with van der Waals surface area (Å²) >= 11 is 7.02. The Balaban J connectivity index is 2.14. The van der Waals surface area contributed by atoms with Gasteiger partial charge >= 0.3 is 6.18 Å². The third-order valence-corrected chi connectivity index (χ3v) is 4.02. The fourth-order valence-electron chi connectivity index (χ4n) is 1.64. The number of fused-ring (bicyclic) bond motifs is 1. The molecular formula is C11H6ClF3N4S. The van der Waals surface area contributed by atoms with Crippen LogP contribution < -0.4 is 0 Å². The van der Waals surface area contributed by atoms with E-state index < -0.39 is 12.0 Å². The van der Waals surface area contributed by atoms with Crippen LogP contribution in [0.4, 0.5) is 13.2 Å². The third kappa shape index (κ3) is 2.14. The summed E-state index contributed by atoms with van der Waals surface area (Å²) in [6.07, 6.45) is -4.59. The minimum Gasteiger partial charge on any atom is -0.178 e. The van der Waals surface area contributed by atoms with E-state index in [1.807, 2.05) is 6.92 Å². The molecule has 0 saturated carbocycles. The van der Waals surface area contributed by atoms with Crippen LogP contribution in [0.25, 0.3) is 15.5 Å². The molecule has 0 N–H and O–H groups in total. The van der Waals surface area contributed by atoms with E-state index >= 15 is 0 Å². The minimum absolute atomic E-state index is 0.0871. The number of benzene rings is 1. The van der Waals surface area contributed by atoms with Crippen LogP contribution in [0.2, 0.25) is 5.02 Å².